The van der Waals surface area contributed by atoms with E-state index in [0.29, 0.717) is 11.1 Å². The molecule has 1 rings (SSSR count). The molecule has 0 aromatic heterocycles. The van der Waals surface area contributed by atoms with Crippen molar-refractivity contribution in [2.75, 3.05) is 6.61 Å². The van der Waals surface area contributed by atoms with Crippen LogP contribution < -0.4 is 0 Å². The lowest BCUT2D eigenvalue weighted by molar-refractivity contribution is 0.179. The molecule has 0 bridgehead atoms. The van der Waals surface area contributed by atoms with Crippen molar-refractivity contribution in [3.8, 4) is 18.2 Å². The fraction of sp³-hybridized carbons (Fsp3) is 0.0909. The maximum Gasteiger partial charge on any atom is 0.202 e. The Bertz CT molecular complexity index is 528. The summed E-state index contributed by atoms with van der Waals surface area (Å²) in [6.45, 7) is -0.219. The Hall–Kier alpha value is -2.84. The molecule has 0 fully saturated rings. The van der Waals surface area contributed by atoms with E-state index in [-0.39, 0.29) is 12.3 Å². The molecule has 0 saturated heterocycles. The van der Waals surface area contributed by atoms with E-state index in [1.54, 1.807) is 24.3 Å². The lowest BCUT2D eigenvalue weighted by atomic mass is 10.1. The van der Waals surface area contributed by atoms with Gasteiger partial charge in [-0.3, -0.25) is 0 Å². The van der Waals surface area contributed by atoms with Gasteiger partial charge >= 0.3 is 0 Å². The fourth-order valence-electron chi connectivity index (χ4n) is 0.999. The van der Waals surface area contributed by atoms with E-state index in [1.165, 1.54) is 6.07 Å². The minimum absolute atomic E-state index is 0.0346. The van der Waals surface area contributed by atoms with Crippen LogP contribution in [0, 0.1) is 34.0 Å². The molecular weight excluding hydrogens is 204 g/mol. The van der Waals surface area contributed by atoms with Gasteiger partial charge in [0.15, 0.2) is 5.71 Å². The number of oxime groups is 1. The minimum Gasteiger partial charge on any atom is -0.379 e. The van der Waals surface area contributed by atoms with Crippen molar-refractivity contribution in [2.45, 2.75) is 0 Å². The van der Waals surface area contributed by atoms with E-state index in [1.807, 2.05) is 12.1 Å². The summed E-state index contributed by atoms with van der Waals surface area (Å²) in [6.07, 6.45) is 0. The summed E-state index contributed by atoms with van der Waals surface area (Å²) in [5.41, 5.74) is 0.951. The van der Waals surface area contributed by atoms with Crippen LogP contribution in [0.4, 0.5) is 0 Å². The van der Waals surface area contributed by atoms with Crippen molar-refractivity contribution in [1.29, 1.82) is 15.8 Å². The quantitative estimate of drug-likeness (QED) is 0.427. The van der Waals surface area contributed by atoms with Crippen molar-refractivity contribution >= 4 is 5.71 Å². The molecule has 1 aromatic carbocycles. The first-order valence-electron chi connectivity index (χ1n) is 4.29. The highest BCUT2D eigenvalue weighted by molar-refractivity contribution is 6.11. The Labute approximate surface area is 92.4 Å². The molecule has 0 aliphatic carbocycles. The lowest BCUT2D eigenvalue weighted by Crippen LogP contribution is -1.99. The van der Waals surface area contributed by atoms with Crippen LogP contribution in [0.15, 0.2) is 29.4 Å². The molecule has 0 aliphatic rings. The van der Waals surface area contributed by atoms with Crippen LogP contribution in [0.25, 0.3) is 0 Å². The number of rotatable bonds is 3. The molecule has 0 radical (unpaired) electrons. The van der Waals surface area contributed by atoms with Gasteiger partial charge in [-0.15, -0.1) is 0 Å². The molecule has 0 saturated carbocycles. The van der Waals surface area contributed by atoms with Gasteiger partial charge < -0.3 is 4.84 Å². The van der Waals surface area contributed by atoms with Crippen molar-refractivity contribution < 1.29 is 4.84 Å². The Morgan fingerprint density at radius 3 is 2.75 bits per heavy atom. The highest BCUT2D eigenvalue weighted by Crippen LogP contribution is 2.05. The normalized spacial score (nSPS) is 9.69. The predicted molar refractivity (Wildman–Crippen MR) is 54.9 cm³/mol. The maximum atomic E-state index is 8.82. The van der Waals surface area contributed by atoms with Gasteiger partial charge in [0.25, 0.3) is 0 Å². The Morgan fingerprint density at radius 2 is 2.12 bits per heavy atom. The van der Waals surface area contributed by atoms with Gasteiger partial charge in [0.1, 0.15) is 12.1 Å². The maximum absolute atomic E-state index is 8.82. The zero-order chi connectivity index (χ0) is 11.8. The van der Waals surface area contributed by atoms with Crippen LogP contribution in [-0.4, -0.2) is 12.3 Å². The standard InChI is InChI=1S/C11H6N4O/c12-4-5-16-15-11(8-14)10-3-1-2-9(6-10)7-13/h1-3,6H,5H2. The summed E-state index contributed by atoms with van der Waals surface area (Å²) in [7, 11) is 0. The van der Waals surface area contributed by atoms with Crippen molar-refractivity contribution in [1.82, 2.24) is 0 Å². The van der Waals surface area contributed by atoms with Gasteiger partial charge in [0, 0.05) is 5.56 Å². The molecule has 0 spiro atoms. The van der Waals surface area contributed by atoms with E-state index < -0.39 is 0 Å². The molecule has 0 N–H and O–H groups in total. The summed E-state index contributed by atoms with van der Waals surface area (Å²) < 4.78 is 0. The first kappa shape index (κ1) is 11.2. The van der Waals surface area contributed by atoms with Gasteiger partial charge in [-0.2, -0.15) is 15.8 Å². The van der Waals surface area contributed by atoms with E-state index in [2.05, 4.69) is 9.99 Å². The van der Waals surface area contributed by atoms with Gasteiger partial charge in [-0.05, 0) is 12.1 Å². The third kappa shape index (κ3) is 2.83. The molecule has 0 aliphatic heterocycles. The van der Waals surface area contributed by atoms with Crippen molar-refractivity contribution in [2.24, 2.45) is 5.16 Å². The first-order chi connectivity index (χ1) is 7.81. The van der Waals surface area contributed by atoms with Gasteiger partial charge in [-0.25, -0.2) is 0 Å². The molecule has 0 unspecified atom stereocenters. The molecule has 1 aromatic rings. The molecule has 0 atom stereocenters. The van der Waals surface area contributed by atoms with Crippen molar-refractivity contribution in [3.05, 3.63) is 35.4 Å². The van der Waals surface area contributed by atoms with Gasteiger partial charge in [-0.1, -0.05) is 17.3 Å². The van der Waals surface area contributed by atoms with E-state index in [9.17, 15) is 0 Å². The van der Waals surface area contributed by atoms with Crippen LogP contribution in [0.1, 0.15) is 11.1 Å². The molecule has 5 heteroatoms. The third-order valence-electron chi connectivity index (χ3n) is 1.66. The number of benzene rings is 1. The second-order valence-corrected chi connectivity index (χ2v) is 2.68. The zero-order valence-corrected chi connectivity index (χ0v) is 8.21. The molecule has 16 heavy (non-hydrogen) atoms. The Balaban J connectivity index is 2.98. The Morgan fingerprint density at radius 1 is 1.31 bits per heavy atom. The second-order valence-electron chi connectivity index (χ2n) is 2.68. The number of nitriles is 3. The van der Waals surface area contributed by atoms with Gasteiger partial charge in [0.05, 0.1) is 11.6 Å². The van der Waals surface area contributed by atoms with Crippen LogP contribution in [0.5, 0.6) is 0 Å². The highest BCUT2D eigenvalue weighted by Gasteiger charge is 2.04. The van der Waals surface area contributed by atoms with E-state index in [4.69, 9.17) is 15.8 Å². The summed E-state index contributed by atoms with van der Waals surface area (Å²) in [6, 6.07) is 11.9. The lowest BCUT2D eigenvalue weighted by Gasteiger charge is -1.97. The number of hydrogen-bond donors (Lipinski definition) is 0. The van der Waals surface area contributed by atoms with Crippen LogP contribution >= 0.6 is 0 Å². The van der Waals surface area contributed by atoms with Crippen molar-refractivity contribution in [3.63, 3.8) is 0 Å². The van der Waals surface area contributed by atoms with Crippen LogP contribution in [0.3, 0.4) is 0 Å². The van der Waals surface area contributed by atoms with Crippen LogP contribution in [0.2, 0.25) is 0 Å². The fourth-order valence-corrected chi connectivity index (χ4v) is 0.999. The van der Waals surface area contributed by atoms with E-state index in [0.717, 1.165) is 0 Å². The summed E-state index contributed by atoms with van der Waals surface area (Å²) in [5, 5.41) is 29.2. The van der Waals surface area contributed by atoms with E-state index >= 15 is 0 Å². The monoisotopic (exact) mass is 210 g/mol. The third-order valence-corrected chi connectivity index (χ3v) is 1.66. The summed E-state index contributed by atoms with van der Waals surface area (Å²) in [5.74, 6) is 0. The molecule has 0 heterocycles. The first-order valence-corrected chi connectivity index (χ1v) is 4.29. The second kappa shape index (κ2) is 5.80. The summed E-state index contributed by atoms with van der Waals surface area (Å²) in [4.78, 5) is 4.59. The zero-order valence-electron chi connectivity index (χ0n) is 8.21. The minimum atomic E-state index is -0.219. The average Bonchev–Trinajstić information content (AvgIpc) is 2.35. The molecule has 76 valence electrons. The predicted octanol–water partition coefficient (Wildman–Crippen LogP) is 1.33. The topological polar surface area (TPSA) is 93.0 Å². The number of hydrogen-bond acceptors (Lipinski definition) is 5. The highest BCUT2D eigenvalue weighted by atomic mass is 16.6. The number of nitrogens with zero attached hydrogens (tertiary/aromatic N) is 4. The molecule has 5 nitrogen and oxygen atoms in total. The molecular formula is C11H6N4O. The van der Waals surface area contributed by atoms with Crippen LogP contribution in [-0.2, 0) is 4.84 Å². The average molecular weight is 210 g/mol. The SMILES string of the molecule is N#CCON=C(C#N)c1cccc(C#N)c1. The summed E-state index contributed by atoms with van der Waals surface area (Å²) >= 11 is 0. The Kier molecular flexibility index (Phi) is 4.07. The van der Waals surface area contributed by atoms with Gasteiger partial charge in [0.2, 0.25) is 6.61 Å². The smallest absolute Gasteiger partial charge is 0.202 e. The largest absolute Gasteiger partial charge is 0.379 e. The molecule has 0 amide bonds.